The van der Waals surface area contributed by atoms with Crippen LogP contribution in [0.5, 0.6) is 11.5 Å². The van der Waals surface area contributed by atoms with E-state index in [0.717, 1.165) is 56.0 Å². The van der Waals surface area contributed by atoms with Crippen molar-refractivity contribution in [3.05, 3.63) is 213 Å². The van der Waals surface area contributed by atoms with Crippen LogP contribution in [0.25, 0.3) is 9.69 Å². The number of piperazine rings is 2. The second-order valence-electron chi connectivity index (χ2n) is 21.4. The number of carbonyl (C=O) groups is 5. The van der Waals surface area contributed by atoms with E-state index in [9.17, 15) is 32.8 Å². The molecule has 6 aromatic rings. The molecule has 6 aliphatic heterocycles. The molecule has 6 aliphatic rings. The lowest BCUT2D eigenvalue weighted by molar-refractivity contribution is -0.137. The summed E-state index contributed by atoms with van der Waals surface area (Å²) in [6.45, 7) is 26.2. The second-order valence-corrected chi connectivity index (χ2v) is 21.4. The van der Waals surface area contributed by atoms with Crippen LogP contribution < -0.4 is 29.9 Å². The zero-order valence-electron chi connectivity index (χ0n) is 48.2. The Morgan fingerprint density at radius 2 is 0.965 bits per heavy atom. The fourth-order valence-electron chi connectivity index (χ4n) is 11.4. The number of nitrogens with one attached hydrogen (secondary N) is 2. The number of hydrogen-bond acceptors (Lipinski definition) is 11. The Kier molecular flexibility index (Phi) is 17.2. The van der Waals surface area contributed by atoms with Crippen LogP contribution in [0.4, 0.5) is 31.5 Å². The number of anilines is 2. The molecule has 0 aliphatic carbocycles. The fourth-order valence-corrected chi connectivity index (χ4v) is 11.4. The molecule has 19 heteroatoms. The number of hydrogen-bond donors (Lipinski definition) is 2. The molecular formula is C66H66F2N10O7. The van der Waals surface area contributed by atoms with E-state index in [1.165, 1.54) is 27.5 Å². The third-order valence-electron chi connectivity index (χ3n) is 16.0. The predicted molar refractivity (Wildman–Crippen MR) is 318 cm³/mol. The largest absolute Gasteiger partial charge is 0.489 e. The summed E-state index contributed by atoms with van der Waals surface area (Å²) in [5.74, 6) is -2.14. The molecule has 436 valence electrons. The first-order valence-electron chi connectivity index (χ1n) is 28.9. The average molecular weight is 1150 g/mol. The van der Waals surface area contributed by atoms with Gasteiger partial charge in [-0.3, -0.25) is 39.1 Å². The van der Waals surface area contributed by atoms with Crippen molar-refractivity contribution >= 4 is 52.3 Å². The first-order chi connectivity index (χ1) is 41.5. The maximum Gasteiger partial charge on any atom is 0.255 e. The number of benzene rings is 6. The van der Waals surface area contributed by atoms with Crippen LogP contribution in [0, 0.1) is 24.8 Å². The average Bonchev–Trinajstić information content (AvgIpc) is 1.78. The van der Waals surface area contributed by atoms with Crippen molar-refractivity contribution in [3.63, 3.8) is 0 Å². The molecule has 4 saturated heterocycles. The Balaban J connectivity index is 0.000000190. The van der Waals surface area contributed by atoms with E-state index >= 15 is 0 Å². The van der Waals surface area contributed by atoms with Gasteiger partial charge in [-0.15, -0.1) is 0 Å². The van der Waals surface area contributed by atoms with Gasteiger partial charge >= 0.3 is 0 Å². The number of carbonyl (C=O) groups excluding carboxylic acids is 5. The summed E-state index contributed by atoms with van der Waals surface area (Å²) in [4.78, 5) is 80.9. The topological polar surface area (TPSA) is 156 Å². The zero-order chi connectivity index (χ0) is 60.3. The Bertz CT molecular complexity index is 3510. The number of ether oxygens (including phenoxy) is 2. The van der Waals surface area contributed by atoms with Gasteiger partial charge in [0.2, 0.25) is 17.7 Å². The fraction of sp³-hybridized carbons (Fsp3) is 0.318. The number of piperidine rings is 2. The smallest absolute Gasteiger partial charge is 0.255 e. The summed E-state index contributed by atoms with van der Waals surface area (Å²) >= 11 is 0. The standard InChI is InChI=1S/C33H32FN5O3.C32H30FN5O4.CH4/c1-22-6-12-30(32(40)36-22)39-20-27-26(33(39)41)4-3-5-31(27)42-21-24-9-7-23(8-10-24)19-37-14-16-38(17-15-37)29-13-11-25(35-2)18-28(29)34;1-34-23-9-10-27(26(33)17-23)37-15-13-36(14-16-37)18-21-5-7-22(8-6-21)20-42-29-4-2-3-24-25(29)19-38(32(24)41)28-11-12-30(39)35-31(28)40;/h3-5,7-11,13,18,30H,1,6,12,14-17,19-21H2,(H,36,40);2-10,17,28H,11-16,18-20H2,(H,35,39,40);1H4/t30-;28-;/m10./s1/i30D;28D;. The van der Waals surface area contributed by atoms with E-state index in [1.54, 1.807) is 54.6 Å². The van der Waals surface area contributed by atoms with Crippen LogP contribution in [-0.4, -0.2) is 114 Å². The van der Waals surface area contributed by atoms with E-state index in [4.69, 9.17) is 25.4 Å². The van der Waals surface area contributed by atoms with Gasteiger partial charge in [-0.25, -0.2) is 18.5 Å². The number of imide groups is 1. The maximum atomic E-state index is 14.4. The first kappa shape index (κ1) is 56.1. The summed E-state index contributed by atoms with van der Waals surface area (Å²) in [6, 6.07) is 32.5. The second kappa shape index (κ2) is 26.0. The van der Waals surface area contributed by atoms with Crippen LogP contribution in [0.1, 0.15) is 89.9 Å². The zero-order valence-corrected chi connectivity index (χ0v) is 46.2. The lowest BCUT2D eigenvalue weighted by Gasteiger charge is -2.36. The number of halogens is 2. The molecule has 0 radical (unpaired) electrons. The number of amides is 5. The molecule has 5 amide bonds. The van der Waals surface area contributed by atoms with Crippen molar-refractivity contribution in [2.24, 2.45) is 0 Å². The van der Waals surface area contributed by atoms with Crippen LogP contribution in [0.3, 0.4) is 0 Å². The monoisotopic (exact) mass is 1150 g/mol. The van der Waals surface area contributed by atoms with Crippen molar-refractivity contribution in [2.45, 2.75) is 84.5 Å². The Morgan fingerprint density at radius 3 is 1.36 bits per heavy atom. The highest BCUT2D eigenvalue weighted by molar-refractivity contribution is 6.06. The number of rotatable bonds is 14. The quantitative estimate of drug-likeness (QED) is 0.0791. The van der Waals surface area contributed by atoms with Gasteiger partial charge in [0, 0.05) is 99.8 Å². The SMILES string of the molecule is C.[2H][C@@]1(N2Cc3c(OCc4ccc(CN5CCN(c6ccc([N+]#[C-])cc6F)CC5)cc4)cccc3C2=O)CCC(=C)NC1=O.[2H][C@]1(N2Cc3c(OCc4ccc(CN5CCN(c6ccc([N+]#[C-])cc6F)CC5)cc4)cccc3C2=O)CCC(=O)NC1=O. The van der Waals surface area contributed by atoms with Gasteiger partial charge in [0.1, 0.15) is 48.4 Å². The third-order valence-corrected chi connectivity index (χ3v) is 16.0. The van der Waals surface area contributed by atoms with Crippen LogP contribution in [-0.2, 0) is 53.8 Å². The Morgan fingerprint density at radius 1 is 0.553 bits per heavy atom. The summed E-state index contributed by atoms with van der Waals surface area (Å²) in [6.07, 6.45) is 0.604. The van der Waals surface area contributed by atoms with Gasteiger partial charge < -0.3 is 34.4 Å². The van der Waals surface area contributed by atoms with Gasteiger partial charge in [0.15, 0.2) is 11.4 Å². The van der Waals surface area contributed by atoms with Crippen molar-refractivity contribution < 1.29 is 45.0 Å². The highest BCUT2D eigenvalue weighted by atomic mass is 19.1. The number of nitrogens with zero attached hydrogens (tertiary/aromatic N) is 8. The van der Waals surface area contributed by atoms with Crippen molar-refractivity contribution in [3.8, 4) is 11.5 Å². The van der Waals surface area contributed by atoms with Gasteiger partial charge in [-0.2, -0.15) is 0 Å². The van der Waals surface area contributed by atoms with Gasteiger partial charge in [0.25, 0.3) is 11.8 Å². The Hall–Kier alpha value is -9.43. The number of allylic oxidation sites excluding steroid dienone is 1. The van der Waals surface area contributed by atoms with E-state index in [2.05, 4.69) is 61.0 Å². The molecule has 0 saturated carbocycles. The Labute approximate surface area is 496 Å². The summed E-state index contributed by atoms with van der Waals surface area (Å²) in [7, 11) is 0. The van der Waals surface area contributed by atoms with Crippen LogP contribution in [0.2, 0.25) is 0 Å². The lowest BCUT2D eigenvalue weighted by atomic mass is 10.0. The van der Waals surface area contributed by atoms with E-state index in [0.29, 0.717) is 101 Å². The number of fused-ring (bicyclic) bond motifs is 2. The minimum Gasteiger partial charge on any atom is -0.489 e. The molecule has 6 heterocycles. The molecular weight excluding hydrogens is 1080 g/mol. The molecule has 0 bridgehead atoms. The molecule has 0 unspecified atom stereocenters. The van der Waals surface area contributed by atoms with Gasteiger partial charge in [-0.05, 0) is 90.0 Å². The molecule has 4 fully saturated rings. The highest BCUT2D eigenvalue weighted by Crippen LogP contribution is 2.37. The maximum absolute atomic E-state index is 14.4. The van der Waals surface area contributed by atoms with Crippen molar-refractivity contribution in [1.29, 1.82) is 0 Å². The van der Waals surface area contributed by atoms with Crippen molar-refractivity contribution in [2.75, 3.05) is 62.2 Å². The predicted octanol–water partition coefficient (Wildman–Crippen LogP) is 9.70. The molecule has 0 aromatic heterocycles. The van der Waals surface area contributed by atoms with E-state index in [1.807, 2.05) is 40.1 Å². The van der Waals surface area contributed by atoms with E-state index < -0.39 is 35.7 Å². The highest BCUT2D eigenvalue weighted by Gasteiger charge is 2.41. The molecule has 2 N–H and O–H groups in total. The van der Waals surface area contributed by atoms with Crippen LogP contribution >= 0.6 is 0 Å². The normalized spacial score (nSPS) is 20.8. The summed E-state index contributed by atoms with van der Waals surface area (Å²) in [5, 5.41) is 4.81. The molecule has 17 nitrogen and oxygen atoms in total. The van der Waals surface area contributed by atoms with Gasteiger partial charge in [-0.1, -0.05) is 86.8 Å². The van der Waals surface area contributed by atoms with Gasteiger partial charge in [0.05, 0.1) is 40.4 Å². The summed E-state index contributed by atoms with van der Waals surface area (Å²) in [5.41, 5.74) is 8.67. The minimum atomic E-state index is -1.84. The first-order valence-corrected chi connectivity index (χ1v) is 27.9. The summed E-state index contributed by atoms with van der Waals surface area (Å²) < 4.78 is 58.6. The lowest BCUT2D eigenvalue weighted by Crippen LogP contribution is -2.52. The molecule has 12 rings (SSSR count). The molecule has 0 spiro atoms. The molecule has 6 aromatic carbocycles. The van der Waals surface area contributed by atoms with Crippen LogP contribution in [0.15, 0.2) is 134 Å². The van der Waals surface area contributed by atoms with E-state index in [-0.39, 0.29) is 63.9 Å². The third kappa shape index (κ3) is 13.2. The van der Waals surface area contributed by atoms with Crippen molar-refractivity contribution in [1.82, 2.24) is 30.2 Å². The minimum absolute atomic E-state index is 0. The molecule has 85 heavy (non-hydrogen) atoms. The molecule has 2 atom stereocenters.